The molecule has 12 heterocycles. The van der Waals surface area contributed by atoms with Crippen LogP contribution in [0.4, 0.5) is 56.8 Å². The van der Waals surface area contributed by atoms with Crippen LogP contribution in [0.15, 0.2) is 160 Å². The Balaban J connectivity index is 0.000000141. The maximum Gasteiger partial charge on any atom is 0.267 e. The van der Waals surface area contributed by atoms with Gasteiger partial charge in [0, 0.05) is 18.0 Å². The molecular formula is C88H73Cl5FN33O4. The zero-order chi connectivity index (χ0) is 93.8. The van der Waals surface area contributed by atoms with Crippen molar-refractivity contribution < 1.29 is 4.39 Å². The van der Waals surface area contributed by atoms with Crippen molar-refractivity contribution in [2.45, 2.75) is 99.3 Å². The van der Waals surface area contributed by atoms with Gasteiger partial charge in [-0.1, -0.05) is 82.3 Å². The molecule has 0 spiro atoms. The van der Waals surface area contributed by atoms with Crippen molar-refractivity contribution in [3.63, 3.8) is 0 Å². The second-order valence-corrected chi connectivity index (χ2v) is 31.8. The number of fused-ring (bicyclic) bond motifs is 4. The number of anilines is 9. The molecule has 1 saturated carbocycles. The fourth-order valence-corrected chi connectivity index (χ4v) is 15.5. The SMILES string of the molecule is Cc1nc(N)c(C#N)c(N[C@@H](C)c2nc3cccc(Cl)c3c(=O)n2-c2ccc(N)nc2)n1.Cc1nc(N)c(C#N)c(N[C@@H](C)c2nc3cccc(Cl)c3c(=O)n2-c2cncc(Cl)c2)n1.Cc1nc(N)c(C#N)c(N[C@@H](C)c2nc3cccc(Cl)c3c(=O)n2-c2cnccc2C)n1.Cc1nc(N)c(C#N)c(N[C@H](c2nc3cccc(Cl)c3c(=O)n2-c2cncc(F)c2C)C2CC2)n1. The summed E-state index contributed by atoms with van der Waals surface area (Å²) in [4.78, 5) is 123. The average Bonchev–Trinajstić information content (AvgIpc) is 1.74. The van der Waals surface area contributed by atoms with Crippen LogP contribution >= 0.6 is 58.0 Å². The summed E-state index contributed by atoms with van der Waals surface area (Å²) in [6, 6.07) is 32.8. The van der Waals surface area contributed by atoms with Crippen LogP contribution < -0.4 is 72.2 Å². The molecular weight excluding hydrogens is 1780 g/mol. The van der Waals surface area contributed by atoms with Gasteiger partial charge < -0.3 is 49.9 Å². The molecule has 1 aliphatic rings. The highest BCUT2D eigenvalue weighted by Gasteiger charge is 2.38. The molecule has 656 valence electrons. The van der Waals surface area contributed by atoms with Crippen LogP contribution in [0.3, 0.4) is 0 Å². The van der Waals surface area contributed by atoms with Crippen molar-refractivity contribution in [3.8, 4) is 47.0 Å². The standard InChI is InChI=1S/C24H20ClFN8O.C22H19ClN8O.C21H16Cl2N8O.C21H18ClN9O/c1-11-16(26)9-29-10-18(11)34-23(32-17-5-3-4-15(25)19(17)24(34)35)20(13-6-7-13)33-22-14(8-27)21(28)30-12(2)31-22;1-11-7-8-26-10-17(11)31-21(30-16-6-4-5-15(23)18(16)22(31)32)12(2)27-20-14(9-24)19(25)28-13(3)29-20;1-10(27-19-14(7-24)18(25)28-11(2)29-19)20-30-16-5-3-4-15(23)17(16)21(32)31(20)13-6-12(22)8-26-9-13;1-10(27-19-13(8-23)18(25)28-11(2)29-19)20-30-15-5-3-4-14(22)17(15)21(32)31(20)12-6-7-16(24)26-9-12/h3-5,9-10,13,20H,6-7H2,1-2H3,(H3,28,30,31,33);4-8,10,12H,1-3H3,(H3,25,27,28,29);3-6,8-10H,1-2H3,(H3,25,27,28,29);3-7,9-10H,1-2H3,(H2,24,26)(H3,25,27,28,29)/t20-;12-;2*10-/m0000/s1. The summed E-state index contributed by atoms with van der Waals surface area (Å²) in [6.45, 7) is 15.5. The maximum atomic E-state index is 14.5. The Hall–Kier alpha value is -16.1. The van der Waals surface area contributed by atoms with Crippen LogP contribution in [0.2, 0.25) is 25.1 Å². The van der Waals surface area contributed by atoms with E-state index in [-0.39, 0.29) is 134 Å². The monoisotopic (exact) mass is 1850 g/mol. The van der Waals surface area contributed by atoms with E-state index in [0.717, 1.165) is 24.6 Å². The second-order valence-electron chi connectivity index (χ2n) is 29.7. The van der Waals surface area contributed by atoms with E-state index in [9.17, 15) is 44.6 Å². The van der Waals surface area contributed by atoms with E-state index in [1.165, 1.54) is 43.1 Å². The number of hydrogen-bond acceptors (Lipinski definition) is 33. The average molecular weight is 1850 g/mol. The van der Waals surface area contributed by atoms with E-state index in [1.54, 1.807) is 152 Å². The smallest absolute Gasteiger partial charge is 0.267 e. The Labute approximate surface area is 767 Å². The first kappa shape index (κ1) is 91.1. The highest BCUT2D eigenvalue weighted by atomic mass is 35.5. The van der Waals surface area contributed by atoms with E-state index < -0.39 is 35.5 Å². The maximum absolute atomic E-state index is 14.5. The minimum atomic E-state index is -0.578. The van der Waals surface area contributed by atoms with E-state index >= 15 is 0 Å². The van der Waals surface area contributed by atoms with E-state index in [0.29, 0.717) is 107 Å². The van der Waals surface area contributed by atoms with Crippen molar-refractivity contribution in [2.75, 3.05) is 49.9 Å². The Bertz CT molecular complexity index is 7760. The number of halogens is 6. The minimum Gasteiger partial charge on any atom is -0.384 e. The topological polar surface area (TPSA) is 568 Å². The zero-order valence-electron chi connectivity index (χ0n) is 70.6. The highest BCUT2D eigenvalue weighted by Crippen LogP contribution is 2.44. The van der Waals surface area contributed by atoms with E-state index in [4.69, 9.17) is 102 Å². The molecule has 0 saturated heterocycles. The lowest BCUT2D eigenvalue weighted by Crippen LogP contribution is -2.30. The summed E-state index contributed by atoms with van der Waals surface area (Å²) >= 11 is 31.5. The van der Waals surface area contributed by atoms with Gasteiger partial charge in [0.15, 0.2) is 23.3 Å². The van der Waals surface area contributed by atoms with Gasteiger partial charge in [-0.15, -0.1) is 0 Å². The third-order valence-corrected chi connectivity index (χ3v) is 22.1. The van der Waals surface area contributed by atoms with Crippen molar-refractivity contribution in [2.24, 2.45) is 5.92 Å². The van der Waals surface area contributed by atoms with Gasteiger partial charge in [0.25, 0.3) is 22.2 Å². The number of nitrogens with zero attached hydrogens (tertiary/aromatic N) is 24. The van der Waals surface area contributed by atoms with Gasteiger partial charge in [-0.3, -0.25) is 52.4 Å². The summed E-state index contributed by atoms with van der Waals surface area (Å²) in [5.41, 5.74) is 32.8. The number of nitriles is 4. The molecule has 0 aliphatic heterocycles. The molecule has 16 aromatic rings. The molecule has 4 atom stereocenters. The lowest BCUT2D eigenvalue weighted by molar-refractivity contribution is 0.593. The first-order valence-corrected chi connectivity index (χ1v) is 41.5. The Kier molecular flexibility index (Phi) is 26.6. The molecule has 17 rings (SSSR count). The summed E-state index contributed by atoms with van der Waals surface area (Å²) < 4.78 is 20.1. The molecule has 4 aromatic carbocycles. The Morgan fingerprint density at radius 3 is 1.14 bits per heavy atom. The van der Waals surface area contributed by atoms with Gasteiger partial charge in [0.1, 0.15) is 128 Å². The molecule has 0 amide bonds. The Morgan fingerprint density at radius 1 is 0.405 bits per heavy atom. The molecule has 12 aromatic heterocycles. The Morgan fingerprint density at radius 2 is 0.763 bits per heavy atom. The predicted molar refractivity (Wildman–Crippen MR) is 498 cm³/mol. The fourth-order valence-electron chi connectivity index (χ4n) is 14.3. The molecule has 131 heavy (non-hydrogen) atoms. The van der Waals surface area contributed by atoms with Crippen molar-refractivity contribution in [3.05, 3.63) is 293 Å². The number of aromatic nitrogens is 20. The van der Waals surface area contributed by atoms with Gasteiger partial charge in [0.2, 0.25) is 0 Å². The van der Waals surface area contributed by atoms with Crippen LogP contribution in [0.1, 0.15) is 138 Å². The third kappa shape index (κ3) is 18.7. The van der Waals surface area contributed by atoms with Gasteiger partial charge in [-0.05, 0) is 159 Å². The molecule has 0 bridgehead atoms. The van der Waals surface area contributed by atoms with Crippen molar-refractivity contribution in [1.29, 1.82) is 21.0 Å². The molecule has 1 fully saturated rings. The van der Waals surface area contributed by atoms with Gasteiger partial charge in [0.05, 0.1) is 147 Å². The van der Waals surface area contributed by atoms with Crippen LogP contribution in [-0.2, 0) is 0 Å². The molecule has 14 N–H and O–H groups in total. The van der Waals surface area contributed by atoms with Crippen LogP contribution in [0.25, 0.3) is 66.4 Å². The zero-order valence-corrected chi connectivity index (χ0v) is 74.4. The first-order chi connectivity index (χ1) is 62.7. The van der Waals surface area contributed by atoms with Gasteiger partial charge >= 0.3 is 0 Å². The summed E-state index contributed by atoms with van der Waals surface area (Å²) in [5.74, 6) is 4.12. The number of nitrogens with two attached hydrogens (primary N) is 5. The van der Waals surface area contributed by atoms with E-state index in [2.05, 4.69) is 86.1 Å². The molecule has 0 radical (unpaired) electrons. The van der Waals surface area contributed by atoms with Gasteiger partial charge in [-0.25, -0.2) is 69.2 Å². The fraction of sp³-hybridized carbons (Fsp3) is 0.182. The number of benzene rings is 4. The normalized spacial score (nSPS) is 12.4. The molecule has 0 unspecified atom stereocenters. The van der Waals surface area contributed by atoms with Crippen molar-refractivity contribution in [1.82, 2.24) is 98.0 Å². The first-order valence-electron chi connectivity index (χ1n) is 39.6. The summed E-state index contributed by atoms with van der Waals surface area (Å²) in [5, 5.41) is 53.4. The predicted octanol–water partition coefficient (Wildman–Crippen LogP) is 14.0. The van der Waals surface area contributed by atoms with E-state index in [1.807, 2.05) is 44.2 Å². The van der Waals surface area contributed by atoms with Crippen molar-refractivity contribution >= 4 is 154 Å². The number of hydrogen-bond donors (Lipinski definition) is 9. The lowest BCUT2D eigenvalue weighted by Gasteiger charge is -2.24. The van der Waals surface area contributed by atoms with Crippen LogP contribution in [-0.4, -0.2) is 98.0 Å². The minimum absolute atomic E-state index is 0.0536. The highest BCUT2D eigenvalue weighted by molar-refractivity contribution is 6.36. The number of pyridine rings is 4. The quantitative estimate of drug-likeness (QED) is 0.0409. The van der Waals surface area contributed by atoms with Gasteiger partial charge in [-0.2, -0.15) is 21.0 Å². The third-order valence-electron chi connectivity index (χ3n) is 20.6. The number of aryl methyl sites for hydroxylation is 5. The summed E-state index contributed by atoms with van der Waals surface area (Å²) in [7, 11) is 0. The summed E-state index contributed by atoms with van der Waals surface area (Å²) in [6.07, 6.45) is 11.9. The molecule has 1 aliphatic carbocycles. The molecule has 43 heteroatoms. The van der Waals surface area contributed by atoms with Crippen LogP contribution in [0.5, 0.6) is 0 Å². The molecule has 37 nitrogen and oxygen atoms in total. The van der Waals surface area contributed by atoms with Crippen LogP contribution in [0, 0.1) is 98.6 Å². The number of rotatable bonds is 17. The number of nitrogens with one attached hydrogen (secondary N) is 4. The number of nitrogen functional groups attached to an aromatic ring is 5. The second kappa shape index (κ2) is 38.2. The largest absolute Gasteiger partial charge is 0.384 e. The lowest BCUT2D eigenvalue weighted by atomic mass is 10.1.